The summed E-state index contributed by atoms with van der Waals surface area (Å²) >= 11 is 0. The molecule has 1 amide bonds. The Morgan fingerprint density at radius 3 is 2.32 bits per heavy atom. The molecule has 12 heteroatoms. The highest BCUT2D eigenvalue weighted by Crippen LogP contribution is 2.38. The Bertz CT molecular complexity index is 1410. The maximum Gasteiger partial charge on any atom is 0.289 e. The number of nitrogens with one attached hydrogen (secondary N) is 1. The third-order valence-electron chi connectivity index (χ3n) is 6.20. The van der Waals surface area contributed by atoms with Gasteiger partial charge in [-0.3, -0.25) is 9.36 Å². The van der Waals surface area contributed by atoms with Gasteiger partial charge in [0.05, 0.1) is 30.8 Å². The number of phenolic OH excluding ortho intramolecular Hbond substituents is 1. The Morgan fingerprint density at radius 2 is 1.74 bits per heavy atom. The molecule has 0 atom stereocenters. The second-order valence-corrected chi connectivity index (χ2v) is 11.5. The smallest absolute Gasteiger partial charge is 0.289 e. The zero-order chi connectivity index (χ0) is 27.6. The number of morpholine rings is 1. The van der Waals surface area contributed by atoms with Crippen LogP contribution in [0.2, 0.25) is 0 Å². The number of sulfonamides is 1. The standard InChI is InChI=1S/C26H33N5O6S/c1-16(2)20-14-21(22(32)15-23(20)36-5)24-28-29-25(26(33)27-17(3)4)31(24)18-6-8-19(9-7-18)38(34,35)30-10-12-37-13-11-30/h6-9,14-17,32H,10-13H2,1-5H3,(H,27,33). The highest BCUT2D eigenvalue weighted by atomic mass is 32.2. The first kappa shape index (κ1) is 27.6. The summed E-state index contributed by atoms with van der Waals surface area (Å²) in [4.78, 5) is 13.2. The number of hydrogen-bond acceptors (Lipinski definition) is 8. The quantitative estimate of drug-likeness (QED) is 0.443. The van der Waals surface area contributed by atoms with E-state index in [1.807, 2.05) is 27.7 Å². The second-order valence-electron chi connectivity index (χ2n) is 9.59. The van der Waals surface area contributed by atoms with Crippen molar-refractivity contribution in [3.63, 3.8) is 0 Å². The summed E-state index contributed by atoms with van der Waals surface area (Å²) in [6, 6.07) is 9.28. The molecule has 1 aliphatic heterocycles. The topological polar surface area (TPSA) is 136 Å². The van der Waals surface area contributed by atoms with Crippen LogP contribution in [0.3, 0.4) is 0 Å². The fourth-order valence-corrected chi connectivity index (χ4v) is 5.68. The fraction of sp³-hybridized carbons (Fsp3) is 0.423. The van der Waals surface area contributed by atoms with E-state index in [0.717, 1.165) is 5.56 Å². The summed E-state index contributed by atoms with van der Waals surface area (Å²) in [7, 11) is -2.17. The molecule has 204 valence electrons. The molecule has 0 saturated carbocycles. The van der Waals surface area contributed by atoms with E-state index in [2.05, 4.69) is 15.5 Å². The molecule has 0 radical (unpaired) electrons. The van der Waals surface area contributed by atoms with E-state index < -0.39 is 15.9 Å². The third kappa shape index (κ3) is 5.38. The highest BCUT2D eigenvalue weighted by molar-refractivity contribution is 7.89. The zero-order valence-electron chi connectivity index (χ0n) is 22.1. The Kier molecular flexibility index (Phi) is 8.05. The van der Waals surface area contributed by atoms with Gasteiger partial charge in [0.25, 0.3) is 5.91 Å². The van der Waals surface area contributed by atoms with Gasteiger partial charge in [-0.05, 0) is 55.7 Å². The molecule has 11 nitrogen and oxygen atoms in total. The SMILES string of the molecule is COc1cc(O)c(-c2nnc(C(=O)NC(C)C)n2-c2ccc(S(=O)(=O)N3CCOCC3)cc2)cc1C(C)C. The van der Waals surface area contributed by atoms with Gasteiger partial charge < -0.3 is 19.9 Å². The number of nitrogens with zero attached hydrogens (tertiary/aromatic N) is 4. The number of benzene rings is 2. The summed E-state index contributed by atoms with van der Waals surface area (Å²) in [5, 5.41) is 22.1. The van der Waals surface area contributed by atoms with Crippen LogP contribution in [0.1, 0.15) is 49.8 Å². The molecule has 1 fully saturated rings. The second kappa shape index (κ2) is 11.1. The maximum atomic E-state index is 13.1. The first-order chi connectivity index (χ1) is 18.0. The average Bonchev–Trinajstić information content (AvgIpc) is 3.33. The first-order valence-electron chi connectivity index (χ1n) is 12.4. The van der Waals surface area contributed by atoms with Gasteiger partial charge in [0, 0.05) is 30.9 Å². The van der Waals surface area contributed by atoms with E-state index in [0.29, 0.717) is 30.2 Å². The summed E-state index contributed by atoms with van der Waals surface area (Å²) < 4.78 is 39.8. The minimum Gasteiger partial charge on any atom is -0.507 e. The van der Waals surface area contributed by atoms with Crippen molar-refractivity contribution in [3.05, 3.63) is 47.8 Å². The molecular weight excluding hydrogens is 510 g/mol. The molecule has 1 aliphatic rings. The number of amides is 1. The van der Waals surface area contributed by atoms with E-state index in [9.17, 15) is 18.3 Å². The van der Waals surface area contributed by atoms with Crippen LogP contribution in [0.5, 0.6) is 11.5 Å². The Morgan fingerprint density at radius 1 is 1.08 bits per heavy atom. The van der Waals surface area contributed by atoms with Crippen LogP contribution >= 0.6 is 0 Å². The minimum atomic E-state index is -3.70. The normalized spacial score (nSPS) is 14.7. The molecule has 0 aliphatic carbocycles. The lowest BCUT2D eigenvalue weighted by atomic mass is 9.98. The van der Waals surface area contributed by atoms with Crippen LogP contribution in [0.4, 0.5) is 0 Å². The van der Waals surface area contributed by atoms with Gasteiger partial charge in [-0.25, -0.2) is 8.42 Å². The first-order valence-corrected chi connectivity index (χ1v) is 13.8. The molecule has 0 spiro atoms. The van der Waals surface area contributed by atoms with Gasteiger partial charge in [0.1, 0.15) is 11.5 Å². The summed E-state index contributed by atoms with van der Waals surface area (Å²) in [6.45, 7) is 8.92. The molecule has 0 bridgehead atoms. The Labute approximate surface area is 222 Å². The maximum absolute atomic E-state index is 13.1. The fourth-order valence-electron chi connectivity index (χ4n) is 4.27. The van der Waals surface area contributed by atoms with Gasteiger partial charge in [0.2, 0.25) is 15.8 Å². The van der Waals surface area contributed by atoms with Gasteiger partial charge in [-0.1, -0.05) is 13.8 Å². The lowest BCUT2D eigenvalue weighted by Crippen LogP contribution is -2.40. The molecule has 4 rings (SSSR count). The number of carbonyl (C=O) groups excluding carboxylic acids is 1. The van der Waals surface area contributed by atoms with Gasteiger partial charge in [-0.2, -0.15) is 4.31 Å². The molecule has 2 heterocycles. The van der Waals surface area contributed by atoms with Gasteiger partial charge in [-0.15, -0.1) is 10.2 Å². The van der Waals surface area contributed by atoms with Crippen LogP contribution in [0.15, 0.2) is 41.3 Å². The predicted molar refractivity (Wildman–Crippen MR) is 141 cm³/mol. The molecule has 2 N–H and O–H groups in total. The van der Waals surface area contributed by atoms with Crippen LogP contribution in [0, 0.1) is 0 Å². The largest absolute Gasteiger partial charge is 0.507 e. The van der Waals surface area contributed by atoms with Crippen molar-refractivity contribution in [3.8, 4) is 28.6 Å². The molecule has 3 aromatic rings. The van der Waals surface area contributed by atoms with Crippen molar-refractivity contribution >= 4 is 15.9 Å². The van der Waals surface area contributed by atoms with Crippen LogP contribution in [0.25, 0.3) is 17.1 Å². The number of rotatable bonds is 8. The monoisotopic (exact) mass is 543 g/mol. The summed E-state index contributed by atoms with van der Waals surface area (Å²) in [6.07, 6.45) is 0. The van der Waals surface area contributed by atoms with Crippen LogP contribution in [-0.4, -0.2) is 78.0 Å². The molecule has 2 aromatic carbocycles. The molecular formula is C26H33N5O6S. The van der Waals surface area contributed by atoms with Crippen molar-refractivity contribution in [2.75, 3.05) is 33.4 Å². The molecule has 38 heavy (non-hydrogen) atoms. The zero-order valence-corrected chi connectivity index (χ0v) is 22.9. The lowest BCUT2D eigenvalue weighted by molar-refractivity contribution is 0.0730. The van der Waals surface area contributed by atoms with E-state index >= 15 is 0 Å². The van der Waals surface area contributed by atoms with E-state index in [4.69, 9.17) is 9.47 Å². The summed E-state index contributed by atoms with van der Waals surface area (Å²) in [5.74, 6) is 0.281. The van der Waals surface area contributed by atoms with Gasteiger partial charge in [0.15, 0.2) is 5.82 Å². The number of aromatic nitrogens is 3. The number of phenols is 1. The number of ether oxygens (including phenoxy) is 2. The number of aromatic hydroxyl groups is 1. The Balaban J connectivity index is 1.84. The third-order valence-corrected chi connectivity index (χ3v) is 8.11. The highest BCUT2D eigenvalue weighted by Gasteiger charge is 2.28. The average molecular weight is 544 g/mol. The number of methoxy groups -OCH3 is 1. The Hall–Kier alpha value is -3.48. The van der Waals surface area contributed by atoms with Crippen molar-refractivity contribution in [1.29, 1.82) is 0 Å². The molecule has 1 saturated heterocycles. The van der Waals surface area contributed by atoms with Crippen molar-refractivity contribution in [2.45, 2.75) is 44.6 Å². The molecule has 0 unspecified atom stereocenters. The number of hydrogen-bond donors (Lipinski definition) is 2. The van der Waals surface area contributed by atoms with Crippen molar-refractivity contribution < 1.29 is 27.8 Å². The van der Waals surface area contributed by atoms with Crippen LogP contribution < -0.4 is 10.1 Å². The van der Waals surface area contributed by atoms with Crippen molar-refractivity contribution in [1.82, 2.24) is 24.4 Å². The van der Waals surface area contributed by atoms with Crippen molar-refractivity contribution in [2.24, 2.45) is 0 Å². The van der Waals surface area contributed by atoms with E-state index in [1.54, 1.807) is 18.2 Å². The number of carbonyl (C=O) groups is 1. The van der Waals surface area contributed by atoms with E-state index in [1.165, 1.54) is 34.2 Å². The lowest BCUT2D eigenvalue weighted by Gasteiger charge is -2.26. The minimum absolute atomic E-state index is 0.00111. The van der Waals surface area contributed by atoms with Gasteiger partial charge >= 0.3 is 0 Å². The molecule has 1 aromatic heterocycles. The summed E-state index contributed by atoms with van der Waals surface area (Å²) in [5.41, 5.74) is 1.66. The van der Waals surface area contributed by atoms with E-state index in [-0.39, 0.29) is 47.3 Å². The predicted octanol–water partition coefficient (Wildman–Crippen LogP) is 2.93. The van der Waals surface area contributed by atoms with Crippen LogP contribution in [-0.2, 0) is 14.8 Å².